The smallest absolute Gasteiger partial charge is 0.387 e. The second-order valence-electron chi connectivity index (χ2n) is 9.05. The van der Waals surface area contributed by atoms with Gasteiger partial charge in [-0.3, -0.25) is 0 Å². The minimum Gasteiger partial charge on any atom is -0.387 e. The Morgan fingerprint density at radius 3 is 2.04 bits per heavy atom. The van der Waals surface area contributed by atoms with E-state index in [1.54, 1.807) is 20.8 Å². The Morgan fingerprint density at radius 2 is 1.64 bits per heavy atom. The first kappa shape index (κ1) is 21.3. The molecule has 7 nitrogen and oxygen atoms in total. The molecule has 0 saturated carbocycles. The lowest BCUT2D eigenvalue weighted by Gasteiger charge is -2.46. The van der Waals surface area contributed by atoms with Gasteiger partial charge in [-0.25, -0.2) is 24.2 Å². The fraction of sp³-hybridized carbons (Fsp3) is 0.722. The predicted molar refractivity (Wildman–Crippen MR) is 95.8 cm³/mol. The van der Waals surface area contributed by atoms with E-state index in [0.29, 0.717) is 6.42 Å². The van der Waals surface area contributed by atoms with Gasteiger partial charge >= 0.3 is 18.1 Å². The van der Waals surface area contributed by atoms with Crippen molar-refractivity contribution in [3.63, 3.8) is 0 Å². The lowest BCUT2D eigenvalue weighted by Crippen LogP contribution is -2.75. The van der Waals surface area contributed by atoms with Crippen LogP contribution in [-0.2, 0) is 0 Å². The molecule has 25 heavy (non-hydrogen) atoms. The van der Waals surface area contributed by atoms with Crippen LogP contribution in [0, 0.1) is 5.41 Å². The Morgan fingerprint density at radius 1 is 1.12 bits per heavy atom. The zero-order chi connectivity index (χ0) is 19.8. The van der Waals surface area contributed by atoms with Gasteiger partial charge in [0.1, 0.15) is 12.6 Å². The third-order valence-electron chi connectivity index (χ3n) is 4.10. The molecule has 142 valence electrons. The summed E-state index contributed by atoms with van der Waals surface area (Å²) in [5.74, 6) is 0. The summed E-state index contributed by atoms with van der Waals surface area (Å²) < 4.78 is -0.673. The first-order valence-electron chi connectivity index (χ1n) is 8.50. The SMILES string of the molecule is C=CCN1C(=O)N(C(C)(C)C)C(=O)[N+](C)(CC(O)CC(C)(C)C)C1=O. The standard InChI is InChI=1S/C18H32N3O4/c1-9-10-19-14(23)20(18(5,6)7)16(25)21(8,15(19)24)12-13(22)11-17(2,3)4/h9,13,22H,1,10-12H2,2-8H3/q+1. The molecule has 6 amide bonds. The molecule has 2 atom stereocenters. The van der Waals surface area contributed by atoms with Crippen molar-refractivity contribution in [3.8, 4) is 0 Å². The van der Waals surface area contributed by atoms with Crippen molar-refractivity contribution >= 4 is 18.1 Å². The van der Waals surface area contributed by atoms with E-state index in [1.165, 1.54) is 13.1 Å². The van der Waals surface area contributed by atoms with Gasteiger partial charge in [-0.2, -0.15) is 4.48 Å². The molecule has 0 aliphatic carbocycles. The van der Waals surface area contributed by atoms with Crippen LogP contribution < -0.4 is 0 Å². The zero-order valence-corrected chi connectivity index (χ0v) is 16.5. The molecule has 2 unspecified atom stereocenters. The molecule has 0 aromatic rings. The molecule has 1 fully saturated rings. The van der Waals surface area contributed by atoms with Crippen LogP contribution in [0.4, 0.5) is 14.4 Å². The summed E-state index contributed by atoms with van der Waals surface area (Å²) >= 11 is 0. The molecule has 7 heteroatoms. The number of nitrogens with zero attached hydrogens (tertiary/aromatic N) is 3. The van der Waals surface area contributed by atoms with Crippen LogP contribution in [0.1, 0.15) is 48.0 Å². The van der Waals surface area contributed by atoms with E-state index >= 15 is 0 Å². The number of hydrogen-bond donors (Lipinski definition) is 1. The number of urea groups is 3. The fourth-order valence-corrected chi connectivity index (χ4v) is 3.06. The minimum atomic E-state index is -0.849. The van der Waals surface area contributed by atoms with Gasteiger partial charge in [0.25, 0.3) is 0 Å². The van der Waals surface area contributed by atoms with E-state index in [-0.39, 0.29) is 18.5 Å². The molecule has 1 saturated heterocycles. The maximum absolute atomic E-state index is 13.1. The van der Waals surface area contributed by atoms with Gasteiger partial charge in [0.15, 0.2) is 0 Å². The van der Waals surface area contributed by atoms with E-state index in [0.717, 1.165) is 9.80 Å². The van der Waals surface area contributed by atoms with Crippen LogP contribution in [0.2, 0.25) is 0 Å². The largest absolute Gasteiger partial charge is 0.436 e. The summed E-state index contributed by atoms with van der Waals surface area (Å²) in [5.41, 5.74) is -0.941. The van der Waals surface area contributed by atoms with Crippen molar-refractivity contribution in [2.45, 2.75) is 59.6 Å². The fourth-order valence-electron chi connectivity index (χ4n) is 3.06. The topological polar surface area (TPSA) is 77.9 Å². The molecule has 0 radical (unpaired) electrons. The van der Waals surface area contributed by atoms with Crippen molar-refractivity contribution in [1.29, 1.82) is 0 Å². The number of carbonyl (C=O) groups is 3. The average Bonchev–Trinajstić information content (AvgIpc) is 2.38. The number of aliphatic hydroxyl groups is 1. The Bertz CT molecular complexity index is 574. The van der Waals surface area contributed by atoms with Gasteiger partial charge in [-0.1, -0.05) is 26.8 Å². The molecule has 1 N–H and O–H groups in total. The number of carbonyl (C=O) groups excluding carboxylic acids is 3. The Labute approximate surface area is 150 Å². The zero-order valence-electron chi connectivity index (χ0n) is 16.5. The molecule has 1 rings (SSSR count). The number of aliphatic hydroxyl groups excluding tert-OH is 1. The Hall–Kier alpha value is -1.73. The van der Waals surface area contributed by atoms with Crippen LogP contribution >= 0.6 is 0 Å². The summed E-state index contributed by atoms with van der Waals surface area (Å²) in [5, 5.41) is 10.4. The van der Waals surface area contributed by atoms with E-state index in [2.05, 4.69) is 6.58 Å². The summed E-state index contributed by atoms with van der Waals surface area (Å²) in [7, 11) is 1.46. The molecule has 0 spiro atoms. The number of rotatable bonds is 5. The third-order valence-corrected chi connectivity index (χ3v) is 4.10. The monoisotopic (exact) mass is 354 g/mol. The highest BCUT2D eigenvalue weighted by atomic mass is 16.3. The molecule has 1 aliphatic rings. The third kappa shape index (κ3) is 4.46. The van der Waals surface area contributed by atoms with Gasteiger partial charge in [0.2, 0.25) is 0 Å². The highest BCUT2D eigenvalue weighted by Gasteiger charge is 2.59. The van der Waals surface area contributed by atoms with Gasteiger partial charge in [0, 0.05) is 5.54 Å². The van der Waals surface area contributed by atoms with Gasteiger partial charge in [0.05, 0.1) is 13.6 Å². The maximum atomic E-state index is 13.1. The van der Waals surface area contributed by atoms with Gasteiger partial charge < -0.3 is 5.11 Å². The average molecular weight is 354 g/mol. The van der Waals surface area contributed by atoms with Gasteiger partial charge in [-0.05, 0) is 32.6 Å². The molecular weight excluding hydrogens is 322 g/mol. The predicted octanol–water partition coefficient (Wildman–Crippen LogP) is 3.19. The summed E-state index contributed by atoms with van der Waals surface area (Å²) in [6.07, 6.45) is 1.04. The Balaban J connectivity index is 3.30. The van der Waals surface area contributed by atoms with Crippen LogP contribution in [0.3, 0.4) is 0 Å². The van der Waals surface area contributed by atoms with Crippen LogP contribution in [0.25, 0.3) is 0 Å². The number of likely N-dealkylation sites (N-methyl/N-ethyl adjacent to an activating group) is 1. The Kier molecular flexibility index (Phi) is 5.86. The number of hydrogen-bond acceptors (Lipinski definition) is 4. The highest BCUT2D eigenvalue weighted by molar-refractivity contribution is 6.06. The lowest BCUT2D eigenvalue weighted by molar-refractivity contribution is -0.761. The molecule has 0 bridgehead atoms. The summed E-state index contributed by atoms with van der Waals surface area (Å²) in [4.78, 5) is 40.8. The summed E-state index contributed by atoms with van der Waals surface area (Å²) in [6, 6.07) is -1.90. The number of quaternary nitrogens is 1. The first-order chi connectivity index (χ1) is 11.1. The second-order valence-corrected chi connectivity index (χ2v) is 9.05. The van der Waals surface area contributed by atoms with Gasteiger partial charge in [-0.15, -0.1) is 6.58 Å². The van der Waals surface area contributed by atoms with Crippen molar-refractivity contribution in [2.24, 2.45) is 5.41 Å². The second kappa shape index (κ2) is 6.88. The molecule has 1 heterocycles. The normalized spacial score (nSPS) is 23.9. The van der Waals surface area contributed by atoms with Crippen LogP contribution in [0.5, 0.6) is 0 Å². The van der Waals surface area contributed by atoms with Crippen LogP contribution in [-0.4, -0.2) is 69.3 Å². The molecule has 0 aromatic heterocycles. The first-order valence-corrected chi connectivity index (χ1v) is 8.50. The van der Waals surface area contributed by atoms with E-state index in [4.69, 9.17) is 0 Å². The van der Waals surface area contributed by atoms with E-state index < -0.39 is 34.2 Å². The lowest BCUT2D eigenvalue weighted by atomic mass is 9.89. The minimum absolute atomic E-state index is 0.0146. The maximum Gasteiger partial charge on any atom is 0.436 e. The van der Waals surface area contributed by atoms with Crippen molar-refractivity contribution in [2.75, 3.05) is 20.1 Å². The summed E-state index contributed by atoms with van der Waals surface area (Å²) in [6.45, 7) is 14.7. The number of amides is 6. The van der Waals surface area contributed by atoms with Crippen molar-refractivity contribution in [1.82, 2.24) is 9.80 Å². The van der Waals surface area contributed by atoms with E-state index in [9.17, 15) is 19.5 Å². The van der Waals surface area contributed by atoms with Crippen LogP contribution in [0.15, 0.2) is 12.7 Å². The quantitative estimate of drug-likeness (QED) is 0.607. The van der Waals surface area contributed by atoms with Crippen molar-refractivity contribution < 1.29 is 24.0 Å². The molecule has 1 aliphatic heterocycles. The number of imide groups is 3. The molecule has 0 aromatic carbocycles. The van der Waals surface area contributed by atoms with Crippen molar-refractivity contribution in [3.05, 3.63) is 12.7 Å². The highest BCUT2D eigenvalue weighted by Crippen LogP contribution is 2.30. The van der Waals surface area contributed by atoms with E-state index in [1.807, 2.05) is 20.8 Å². The molecular formula is C18H32N3O4+.